The maximum absolute atomic E-state index is 4.16. The number of nitrogens with one attached hydrogen (secondary N) is 2. The topological polar surface area (TPSA) is 67.1 Å². The molecule has 0 atom stereocenters. The molecule has 0 saturated carbocycles. The molecule has 2 heterocycles. The molecule has 0 aliphatic heterocycles. The molecule has 19 heavy (non-hydrogen) atoms. The van der Waals surface area contributed by atoms with Crippen molar-refractivity contribution in [1.29, 1.82) is 0 Å². The van der Waals surface area contributed by atoms with Gasteiger partial charge >= 0.3 is 0 Å². The number of aliphatic imine (C=N–C) groups is 1. The second-order valence-electron chi connectivity index (χ2n) is 3.72. The monoisotopic (exact) mass is 392 g/mol. The third-order valence-corrected chi connectivity index (χ3v) is 3.33. The molecule has 0 radical (unpaired) electrons. The normalized spacial score (nSPS) is 10.9. The van der Waals surface area contributed by atoms with Gasteiger partial charge < -0.3 is 15.2 Å². The zero-order chi connectivity index (χ0) is 12.8. The lowest BCUT2D eigenvalue weighted by molar-refractivity contribution is 0.727. The van der Waals surface area contributed by atoms with Gasteiger partial charge in [0.25, 0.3) is 0 Å². The molecule has 2 N–H and O–H groups in total. The van der Waals surface area contributed by atoms with Crippen LogP contribution in [0.4, 0.5) is 0 Å². The first-order valence-corrected chi connectivity index (χ1v) is 6.47. The Morgan fingerprint density at radius 3 is 2.79 bits per heavy atom. The van der Waals surface area contributed by atoms with Crippen LogP contribution in [0, 0.1) is 0 Å². The molecular formula is C11H17IN6S. The fourth-order valence-electron chi connectivity index (χ4n) is 1.43. The number of halogens is 1. The van der Waals surface area contributed by atoms with Gasteiger partial charge in [-0.3, -0.25) is 4.99 Å². The molecule has 2 aromatic rings. The van der Waals surface area contributed by atoms with Crippen LogP contribution in [0.1, 0.15) is 10.7 Å². The molecule has 0 aromatic carbocycles. The predicted octanol–water partition coefficient (Wildman–Crippen LogP) is 1.36. The van der Waals surface area contributed by atoms with E-state index in [1.165, 1.54) is 4.88 Å². The van der Waals surface area contributed by atoms with E-state index in [4.69, 9.17) is 0 Å². The van der Waals surface area contributed by atoms with Crippen molar-refractivity contribution in [2.45, 2.75) is 13.1 Å². The number of guanidine groups is 1. The van der Waals surface area contributed by atoms with E-state index in [1.807, 2.05) is 17.7 Å². The summed E-state index contributed by atoms with van der Waals surface area (Å²) in [5, 5.41) is 16.3. The van der Waals surface area contributed by atoms with E-state index in [2.05, 4.69) is 37.3 Å². The van der Waals surface area contributed by atoms with Gasteiger partial charge in [0.05, 0.1) is 13.1 Å². The standard InChI is InChI=1S/C11H16N6S.HI/c1-12-11(13-6-9-4-3-5-18-9)14-7-10-16-15-8-17(10)2;/h3-5,8H,6-7H2,1-2H3,(H2,12,13,14);1H. The van der Waals surface area contributed by atoms with Gasteiger partial charge in [-0.1, -0.05) is 6.07 Å². The van der Waals surface area contributed by atoms with E-state index >= 15 is 0 Å². The minimum Gasteiger partial charge on any atom is -0.352 e. The Labute approximate surface area is 133 Å². The fraction of sp³-hybridized carbons (Fsp3) is 0.364. The number of hydrogen-bond acceptors (Lipinski definition) is 4. The summed E-state index contributed by atoms with van der Waals surface area (Å²) in [5.74, 6) is 1.63. The average Bonchev–Trinajstić information content (AvgIpc) is 3.01. The van der Waals surface area contributed by atoms with Crippen LogP contribution in [-0.2, 0) is 20.1 Å². The summed E-state index contributed by atoms with van der Waals surface area (Å²) in [7, 11) is 3.67. The highest BCUT2D eigenvalue weighted by atomic mass is 127. The van der Waals surface area contributed by atoms with Crippen molar-refractivity contribution in [3.05, 3.63) is 34.5 Å². The molecule has 0 aliphatic rings. The Hall–Kier alpha value is -1.16. The van der Waals surface area contributed by atoms with Gasteiger partial charge in [-0.25, -0.2) is 0 Å². The number of nitrogens with zero attached hydrogens (tertiary/aromatic N) is 4. The van der Waals surface area contributed by atoms with Gasteiger partial charge in [-0.15, -0.1) is 45.5 Å². The Morgan fingerprint density at radius 2 is 2.21 bits per heavy atom. The molecule has 0 aliphatic carbocycles. The van der Waals surface area contributed by atoms with Crippen molar-refractivity contribution in [1.82, 2.24) is 25.4 Å². The molecule has 104 valence electrons. The van der Waals surface area contributed by atoms with E-state index in [-0.39, 0.29) is 24.0 Å². The Balaban J connectivity index is 0.00000180. The van der Waals surface area contributed by atoms with Crippen LogP contribution in [0.3, 0.4) is 0 Å². The molecule has 6 nitrogen and oxygen atoms in total. The lowest BCUT2D eigenvalue weighted by Crippen LogP contribution is -2.36. The molecule has 0 unspecified atom stereocenters. The quantitative estimate of drug-likeness (QED) is 0.469. The number of aryl methyl sites for hydroxylation is 1. The molecule has 8 heteroatoms. The lowest BCUT2D eigenvalue weighted by Gasteiger charge is -2.10. The van der Waals surface area contributed by atoms with Gasteiger partial charge in [0.2, 0.25) is 0 Å². The van der Waals surface area contributed by atoms with E-state index in [1.54, 1.807) is 24.7 Å². The molecular weight excluding hydrogens is 375 g/mol. The molecule has 2 rings (SSSR count). The highest BCUT2D eigenvalue weighted by Gasteiger charge is 2.02. The van der Waals surface area contributed by atoms with E-state index in [9.17, 15) is 0 Å². The molecule has 0 spiro atoms. The van der Waals surface area contributed by atoms with Gasteiger partial charge in [0.1, 0.15) is 6.33 Å². The SMILES string of the molecule is CN=C(NCc1cccs1)NCc1nncn1C.I. The van der Waals surface area contributed by atoms with Crippen LogP contribution in [0.15, 0.2) is 28.8 Å². The van der Waals surface area contributed by atoms with Crippen molar-refractivity contribution in [2.75, 3.05) is 7.05 Å². The van der Waals surface area contributed by atoms with Crippen LogP contribution in [-0.4, -0.2) is 27.8 Å². The summed E-state index contributed by atoms with van der Waals surface area (Å²) >= 11 is 1.72. The Morgan fingerprint density at radius 1 is 1.42 bits per heavy atom. The van der Waals surface area contributed by atoms with Crippen LogP contribution in [0.5, 0.6) is 0 Å². The van der Waals surface area contributed by atoms with Crippen molar-refractivity contribution >= 4 is 41.3 Å². The summed E-state index contributed by atoms with van der Waals surface area (Å²) in [6, 6.07) is 4.13. The second kappa shape index (κ2) is 8.10. The largest absolute Gasteiger partial charge is 0.352 e. The molecule has 2 aromatic heterocycles. The zero-order valence-corrected chi connectivity index (χ0v) is 14.0. The number of thiophene rings is 1. The van der Waals surface area contributed by atoms with Gasteiger partial charge in [-0.05, 0) is 11.4 Å². The number of aromatic nitrogens is 3. The highest BCUT2D eigenvalue weighted by molar-refractivity contribution is 14.0. The first-order valence-electron chi connectivity index (χ1n) is 5.59. The second-order valence-corrected chi connectivity index (χ2v) is 4.75. The van der Waals surface area contributed by atoms with Crippen molar-refractivity contribution in [2.24, 2.45) is 12.0 Å². The summed E-state index contributed by atoms with van der Waals surface area (Å²) in [5.41, 5.74) is 0. The Bertz CT molecular complexity index is 507. The van der Waals surface area contributed by atoms with Crippen molar-refractivity contribution < 1.29 is 0 Å². The summed E-state index contributed by atoms with van der Waals surface area (Å²) in [4.78, 5) is 5.43. The molecule has 0 bridgehead atoms. The van der Waals surface area contributed by atoms with Crippen LogP contribution >= 0.6 is 35.3 Å². The number of rotatable bonds is 4. The number of hydrogen-bond donors (Lipinski definition) is 2. The van der Waals surface area contributed by atoms with E-state index in [0.29, 0.717) is 6.54 Å². The molecule has 0 fully saturated rings. The van der Waals surface area contributed by atoms with E-state index < -0.39 is 0 Å². The first kappa shape index (κ1) is 15.9. The average molecular weight is 392 g/mol. The zero-order valence-electron chi connectivity index (χ0n) is 10.8. The third-order valence-electron chi connectivity index (χ3n) is 2.45. The van der Waals surface area contributed by atoms with Gasteiger partial charge in [-0.2, -0.15) is 0 Å². The first-order chi connectivity index (χ1) is 8.79. The van der Waals surface area contributed by atoms with Gasteiger partial charge in [0.15, 0.2) is 11.8 Å². The summed E-state index contributed by atoms with van der Waals surface area (Å²) in [6.45, 7) is 1.37. The maximum Gasteiger partial charge on any atom is 0.191 e. The maximum atomic E-state index is 4.16. The van der Waals surface area contributed by atoms with Crippen molar-refractivity contribution in [3.63, 3.8) is 0 Å². The van der Waals surface area contributed by atoms with E-state index in [0.717, 1.165) is 18.3 Å². The predicted molar refractivity (Wildman–Crippen MR) is 87.8 cm³/mol. The Kier molecular flexibility index (Phi) is 6.78. The minimum absolute atomic E-state index is 0. The van der Waals surface area contributed by atoms with Crippen LogP contribution < -0.4 is 10.6 Å². The fourth-order valence-corrected chi connectivity index (χ4v) is 2.08. The highest BCUT2D eigenvalue weighted by Crippen LogP contribution is 2.07. The smallest absolute Gasteiger partial charge is 0.191 e. The minimum atomic E-state index is 0. The lowest BCUT2D eigenvalue weighted by atomic mass is 10.4. The van der Waals surface area contributed by atoms with Crippen molar-refractivity contribution in [3.8, 4) is 0 Å². The van der Waals surface area contributed by atoms with Crippen LogP contribution in [0.2, 0.25) is 0 Å². The summed E-state index contributed by atoms with van der Waals surface area (Å²) in [6.07, 6.45) is 1.68. The summed E-state index contributed by atoms with van der Waals surface area (Å²) < 4.78 is 1.87. The molecule has 0 amide bonds. The third kappa shape index (κ3) is 4.78. The van der Waals surface area contributed by atoms with Gasteiger partial charge in [0, 0.05) is 19.0 Å². The molecule has 0 saturated heterocycles. The van der Waals surface area contributed by atoms with Crippen LogP contribution in [0.25, 0.3) is 0 Å².